The van der Waals surface area contributed by atoms with Crippen molar-refractivity contribution in [3.8, 4) is 0 Å². The monoisotopic (exact) mass is 138 g/mol. The zero-order valence-electron chi connectivity index (χ0n) is 6.42. The van der Waals surface area contributed by atoms with Gasteiger partial charge in [-0.3, -0.25) is 0 Å². The van der Waals surface area contributed by atoms with Crippen molar-refractivity contribution < 1.29 is 4.74 Å². The van der Waals surface area contributed by atoms with Crippen LogP contribution in [0.4, 0.5) is 0 Å². The number of fused-ring (bicyclic) bond motifs is 5. The Bertz CT molecular complexity index is 166. The molecule has 0 aromatic rings. The molecular formula is C9H14O. The molecule has 0 amide bonds. The van der Waals surface area contributed by atoms with Crippen LogP contribution < -0.4 is 0 Å². The van der Waals surface area contributed by atoms with Crippen molar-refractivity contribution in [1.82, 2.24) is 0 Å². The Kier molecular flexibility index (Phi) is 0.883. The fourth-order valence-corrected chi connectivity index (χ4v) is 3.20. The molecule has 5 unspecified atom stereocenters. The lowest BCUT2D eigenvalue weighted by atomic mass is 9.87. The zero-order valence-corrected chi connectivity index (χ0v) is 6.42. The van der Waals surface area contributed by atoms with Gasteiger partial charge in [-0.2, -0.15) is 0 Å². The van der Waals surface area contributed by atoms with Gasteiger partial charge < -0.3 is 4.74 Å². The smallest absolute Gasteiger partial charge is 0.0875 e. The van der Waals surface area contributed by atoms with Gasteiger partial charge in [0, 0.05) is 0 Å². The second kappa shape index (κ2) is 1.58. The van der Waals surface area contributed by atoms with Gasteiger partial charge in [0.05, 0.1) is 12.2 Å². The molecule has 3 fully saturated rings. The molecule has 1 heterocycles. The van der Waals surface area contributed by atoms with Crippen LogP contribution in [-0.2, 0) is 4.74 Å². The van der Waals surface area contributed by atoms with E-state index in [2.05, 4.69) is 6.92 Å². The third-order valence-electron chi connectivity index (χ3n) is 3.76. The molecule has 2 saturated carbocycles. The first-order valence-corrected chi connectivity index (χ1v) is 4.55. The molecule has 0 aromatic heterocycles. The third-order valence-corrected chi connectivity index (χ3v) is 3.76. The average molecular weight is 138 g/mol. The lowest BCUT2D eigenvalue weighted by Gasteiger charge is -2.16. The summed E-state index contributed by atoms with van der Waals surface area (Å²) in [7, 11) is 0. The van der Waals surface area contributed by atoms with Crippen LogP contribution in [0.3, 0.4) is 0 Å². The van der Waals surface area contributed by atoms with E-state index >= 15 is 0 Å². The first-order valence-electron chi connectivity index (χ1n) is 4.55. The first kappa shape index (κ1) is 5.59. The molecule has 3 rings (SSSR count). The number of hydrogen-bond donors (Lipinski definition) is 0. The molecule has 0 radical (unpaired) electrons. The molecule has 3 aliphatic rings. The van der Waals surface area contributed by atoms with Crippen LogP contribution in [0, 0.1) is 17.8 Å². The Balaban J connectivity index is 1.85. The van der Waals surface area contributed by atoms with Crippen molar-refractivity contribution in [3.63, 3.8) is 0 Å². The Morgan fingerprint density at radius 1 is 1.30 bits per heavy atom. The van der Waals surface area contributed by atoms with E-state index in [1.807, 2.05) is 0 Å². The molecule has 0 spiro atoms. The highest BCUT2D eigenvalue weighted by Gasteiger charge is 2.62. The van der Waals surface area contributed by atoms with Crippen LogP contribution in [0.25, 0.3) is 0 Å². The predicted molar refractivity (Wildman–Crippen MR) is 38.7 cm³/mol. The highest BCUT2D eigenvalue weighted by Crippen LogP contribution is 2.59. The zero-order chi connectivity index (χ0) is 6.72. The minimum Gasteiger partial charge on any atom is -0.369 e. The summed E-state index contributed by atoms with van der Waals surface area (Å²) in [4.78, 5) is 0. The summed E-state index contributed by atoms with van der Waals surface area (Å²) in [6, 6.07) is 0. The molecule has 0 aromatic carbocycles. The lowest BCUT2D eigenvalue weighted by molar-refractivity contribution is 0.249. The van der Waals surface area contributed by atoms with Crippen molar-refractivity contribution in [3.05, 3.63) is 0 Å². The number of hydrogen-bond acceptors (Lipinski definition) is 1. The second-order valence-electron chi connectivity index (χ2n) is 4.13. The highest BCUT2D eigenvalue weighted by molar-refractivity contribution is 5.10. The van der Waals surface area contributed by atoms with E-state index in [1.54, 1.807) is 0 Å². The van der Waals surface area contributed by atoms with Gasteiger partial charge in [-0.05, 0) is 30.6 Å². The number of rotatable bonds is 1. The van der Waals surface area contributed by atoms with E-state index in [1.165, 1.54) is 19.3 Å². The van der Waals surface area contributed by atoms with Crippen molar-refractivity contribution in [1.29, 1.82) is 0 Å². The van der Waals surface area contributed by atoms with E-state index in [-0.39, 0.29) is 0 Å². The molecule has 1 heteroatoms. The van der Waals surface area contributed by atoms with Gasteiger partial charge in [0.25, 0.3) is 0 Å². The summed E-state index contributed by atoms with van der Waals surface area (Å²) in [5, 5.41) is 0. The van der Waals surface area contributed by atoms with Crippen LogP contribution in [0.5, 0.6) is 0 Å². The molecule has 0 N–H and O–H groups in total. The molecule has 2 aliphatic carbocycles. The largest absolute Gasteiger partial charge is 0.369 e. The molecule has 56 valence electrons. The van der Waals surface area contributed by atoms with Crippen molar-refractivity contribution in [2.45, 2.75) is 38.4 Å². The summed E-state index contributed by atoms with van der Waals surface area (Å²) in [6.45, 7) is 2.32. The fraction of sp³-hybridized carbons (Fsp3) is 1.00. The van der Waals surface area contributed by atoms with Crippen LogP contribution in [0.1, 0.15) is 26.2 Å². The maximum atomic E-state index is 5.57. The third kappa shape index (κ3) is 0.493. The van der Waals surface area contributed by atoms with E-state index in [0.717, 1.165) is 30.0 Å². The van der Waals surface area contributed by atoms with Crippen LogP contribution in [0.15, 0.2) is 0 Å². The highest BCUT2D eigenvalue weighted by atomic mass is 16.6. The Hall–Kier alpha value is -0.0400. The molecule has 10 heavy (non-hydrogen) atoms. The van der Waals surface area contributed by atoms with Gasteiger partial charge in [-0.1, -0.05) is 13.3 Å². The Labute approximate surface area is 61.8 Å². The predicted octanol–water partition coefficient (Wildman–Crippen LogP) is 1.82. The molecule has 2 bridgehead atoms. The van der Waals surface area contributed by atoms with Crippen LogP contribution in [-0.4, -0.2) is 12.2 Å². The van der Waals surface area contributed by atoms with Gasteiger partial charge in [0.1, 0.15) is 0 Å². The molecule has 5 atom stereocenters. The topological polar surface area (TPSA) is 12.5 Å². The summed E-state index contributed by atoms with van der Waals surface area (Å²) in [6.07, 6.45) is 5.81. The summed E-state index contributed by atoms with van der Waals surface area (Å²) in [5.74, 6) is 2.97. The maximum Gasteiger partial charge on any atom is 0.0875 e. The fourth-order valence-electron chi connectivity index (χ4n) is 3.20. The first-order chi connectivity index (χ1) is 4.90. The lowest BCUT2D eigenvalue weighted by Crippen LogP contribution is -2.16. The number of epoxide rings is 1. The normalized spacial score (nSPS) is 62.7. The Morgan fingerprint density at radius 2 is 2.20 bits per heavy atom. The van der Waals surface area contributed by atoms with Crippen molar-refractivity contribution in [2.24, 2.45) is 17.8 Å². The molecular weight excluding hydrogens is 124 g/mol. The van der Waals surface area contributed by atoms with Gasteiger partial charge >= 0.3 is 0 Å². The van der Waals surface area contributed by atoms with Gasteiger partial charge in [0.2, 0.25) is 0 Å². The summed E-state index contributed by atoms with van der Waals surface area (Å²) < 4.78 is 5.57. The minimum absolute atomic E-state index is 0.726. The standard InChI is InChI=1S/C9H14O/c1-2-5-3-6-4-7(5)9-8(6)10-9/h5-9H,2-4H2,1H3. The van der Waals surface area contributed by atoms with Crippen LogP contribution >= 0.6 is 0 Å². The average Bonchev–Trinajstić information content (AvgIpc) is 2.58. The van der Waals surface area contributed by atoms with Crippen molar-refractivity contribution in [2.75, 3.05) is 0 Å². The molecule has 1 saturated heterocycles. The minimum atomic E-state index is 0.726. The van der Waals surface area contributed by atoms with E-state index in [9.17, 15) is 0 Å². The second-order valence-corrected chi connectivity index (χ2v) is 4.13. The van der Waals surface area contributed by atoms with Gasteiger partial charge in [-0.15, -0.1) is 0 Å². The number of ether oxygens (including phenoxy) is 1. The Morgan fingerprint density at radius 3 is 2.80 bits per heavy atom. The van der Waals surface area contributed by atoms with Crippen LogP contribution in [0.2, 0.25) is 0 Å². The summed E-state index contributed by atoms with van der Waals surface area (Å²) >= 11 is 0. The van der Waals surface area contributed by atoms with Gasteiger partial charge in [0.15, 0.2) is 0 Å². The van der Waals surface area contributed by atoms with E-state index < -0.39 is 0 Å². The molecule has 1 nitrogen and oxygen atoms in total. The maximum absolute atomic E-state index is 5.57. The SMILES string of the molecule is CCC1CC2CC1C1OC21. The summed E-state index contributed by atoms with van der Waals surface area (Å²) in [5.41, 5.74) is 0. The van der Waals surface area contributed by atoms with E-state index in [0.29, 0.717) is 0 Å². The van der Waals surface area contributed by atoms with E-state index in [4.69, 9.17) is 4.74 Å². The van der Waals surface area contributed by atoms with Gasteiger partial charge in [-0.25, -0.2) is 0 Å². The quantitative estimate of drug-likeness (QED) is 0.503. The van der Waals surface area contributed by atoms with Crippen molar-refractivity contribution >= 4 is 0 Å². The molecule has 1 aliphatic heterocycles.